The number of benzene rings is 1. The van der Waals surface area contributed by atoms with Gasteiger partial charge in [0, 0.05) is 48.5 Å². The van der Waals surface area contributed by atoms with Crippen LogP contribution in [0.1, 0.15) is 17.4 Å². The van der Waals surface area contributed by atoms with Gasteiger partial charge in [0.2, 0.25) is 0 Å². The molecule has 5 nitrogen and oxygen atoms in total. The van der Waals surface area contributed by atoms with Gasteiger partial charge in [0.15, 0.2) is 0 Å². The van der Waals surface area contributed by atoms with Crippen LogP contribution in [0.15, 0.2) is 42.7 Å². The van der Waals surface area contributed by atoms with Gasteiger partial charge in [-0.25, -0.2) is 9.18 Å². The van der Waals surface area contributed by atoms with Crippen molar-refractivity contribution in [1.29, 1.82) is 0 Å². The minimum Gasteiger partial charge on any atom is -0.322 e. The number of aromatic nitrogens is 1. The van der Waals surface area contributed by atoms with Crippen LogP contribution in [0.5, 0.6) is 0 Å². The second-order valence-electron chi connectivity index (χ2n) is 6.93. The zero-order chi connectivity index (χ0) is 19.5. The van der Waals surface area contributed by atoms with Crippen molar-refractivity contribution in [3.8, 4) is 0 Å². The van der Waals surface area contributed by atoms with Crippen molar-refractivity contribution in [2.24, 2.45) is 0 Å². The van der Waals surface area contributed by atoms with E-state index >= 15 is 0 Å². The molecule has 1 aliphatic heterocycles. The highest BCUT2D eigenvalue weighted by Gasteiger charge is 2.23. The maximum Gasteiger partial charge on any atom is 0.321 e. The molecule has 2 amide bonds. The number of piperazine rings is 1. The Morgan fingerprint density at radius 1 is 1.25 bits per heavy atom. The zero-order valence-electron chi connectivity index (χ0n) is 15.8. The smallest absolute Gasteiger partial charge is 0.321 e. The maximum atomic E-state index is 13.6. The van der Waals surface area contributed by atoms with Gasteiger partial charge in [-0.3, -0.25) is 9.88 Å². The van der Waals surface area contributed by atoms with Crippen molar-refractivity contribution in [2.75, 3.05) is 31.5 Å². The monoisotopic (exact) mass is 398 g/mol. The Morgan fingerprint density at radius 2 is 2.07 bits per heavy atom. The average Bonchev–Trinajstić information content (AvgIpc) is 3.05. The molecule has 0 saturated carbocycles. The molecular weight excluding hydrogens is 375 g/mol. The summed E-state index contributed by atoms with van der Waals surface area (Å²) < 4.78 is 14.8. The predicted octanol–water partition coefficient (Wildman–Crippen LogP) is 4.35. The molecule has 0 atom stereocenters. The van der Waals surface area contributed by atoms with E-state index in [-0.39, 0.29) is 11.8 Å². The summed E-state index contributed by atoms with van der Waals surface area (Å²) >= 11 is 1.75. The number of amides is 2. The fraction of sp³-hybridized carbons (Fsp3) is 0.333. The third-order valence-corrected chi connectivity index (χ3v) is 6.33. The van der Waals surface area contributed by atoms with Gasteiger partial charge in [0.25, 0.3) is 0 Å². The molecule has 3 aromatic rings. The third-order valence-electron chi connectivity index (χ3n) is 5.13. The van der Waals surface area contributed by atoms with Crippen molar-refractivity contribution in [3.63, 3.8) is 0 Å². The van der Waals surface area contributed by atoms with Gasteiger partial charge in [-0.1, -0.05) is 6.92 Å². The number of pyridine rings is 1. The standard InChI is InChI=1S/C21H23FN4OS/c1-2-17-18-12-15(22)5-6-19(18)28-20(17)14-25-8-10-26(11-9-25)21(27)24-16-4-3-7-23-13-16/h3-7,12-13H,2,8-11,14H2,1H3,(H,24,27). The van der Waals surface area contributed by atoms with Crippen LogP contribution in [0, 0.1) is 5.82 Å². The summed E-state index contributed by atoms with van der Waals surface area (Å²) in [5, 5.41) is 3.93. The number of thiophene rings is 1. The number of halogens is 1. The van der Waals surface area contributed by atoms with E-state index in [1.54, 1.807) is 35.9 Å². The van der Waals surface area contributed by atoms with E-state index in [2.05, 4.69) is 22.1 Å². The number of nitrogens with zero attached hydrogens (tertiary/aromatic N) is 3. The van der Waals surface area contributed by atoms with Gasteiger partial charge in [0.1, 0.15) is 5.82 Å². The first kappa shape index (κ1) is 18.8. The van der Waals surface area contributed by atoms with E-state index in [1.165, 1.54) is 16.5 Å². The lowest BCUT2D eigenvalue weighted by atomic mass is 10.1. The number of carbonyl (C=O) groups excluding carboxylic acids is 1. The van der Waals surface area contributed by atoms with E-state index in [9.17, 15) is 9.18 Å². The number of hydrogen-bond donors (Lipinski definition) is 1. The molecule has 1 fully saturated rings. The molecule has 2 aromatic heterocycles. The Kier molecular flexibility index (Phi) is 5.54. The fourth-order valence-electron chi connectivity index (χ4n) is 3.64. The summed E-state index contributed by atoms with van der Waals surface area (Å²) in [6.45, 7) is 6.00. The second kappa shape index (κ2) is 8.24. The molecule has 1 aliphatic rings. The molecule has 0 aliphatic carbocycles. The highest BCUT2D eigenvalue weighted by Crippen LogP contribution is 2.33. The third kappa shape index (κ3) is 4.00. The van der Waals surface area contributed by atoms with Crippen molar-refractivity contribution in [3.05, 3.63) is 59.0 Å². The van der Waals surface area contributed by atoms with Gasteiger partial charge in [-0.05, 0) is 47.7 Å². The molecule has 0 spiro atoms. The molecule has 0 bridgehead atoms. The van der Waals surface area contributed by atoms with Crippen molar-refractivity contribution in [1.82, 2.24) is 14.8 Å². The summed E-state index contributed by atoms with van der Waals surface area (Å²) in [6.07, 6.45) is 4.22. The first-order valence-corrected chi connectivity index (χ1v) is 10.3. The lowest BCUT2D eigenvalue weighted by molar-refractivity contribution is 0.143. The molecule has 28 heavy (non-hydrogen) atoms. The van der Waals surface area contributed by atoms with Crippen LogP contribution in [0.3, 0.4) is 0 Å². The average molecular weight is 399 g/mol. The molecule has 0 unspecified atom stereocenters. The van der Waals surface area contributed by atoms with Gasteiger partial charge in [0.05, 0.1) is 11.9 Å². The first-order valence-electron chi connectivity index (χ1n) is 9.52. The highest BCUT2D eigenvalue weighted by molar-refractivity contribution is 7.19. The van der Waals surface area contributed by atoms with E-state index in [4.69, 9.17) is 0 Å². The molecule has 1 saturated heterocycles. The molecule has 0 radical (unpaired) electrons. The van der Waals surface area contributed by atoms with Crippen LogP contribution in [-0.2, 0) is 13.0 Å². The fourth-order valence-corrected chi connectivity index (χ4v) is 4.96. The minimum absolute atomic E-state index is 0.0840. The van der Waals surface area contributed by atoms with Crippen LogP contribution < -0.4 is 5.32 Å². The number of rotatable bonds is 4. The van der Waals surface area contributed by atoms with Crippen molar-refractivity contribution in [2.45, 2.75) is 19.9 Å². The molecule has 4 rings (SSSR count). The molecule has 3 heterocycles. The number of nitrogens with one attached hydrogen (secondary N) is 1. The summed E-state index contributed by atoms with van der Waals surface area (Å²) in [4.78, 5) is 21.9. The lowest BCUT2D eigenvalue weighted by Gasteiger charge is -2.34. The molecule has 7 heteroatoms. The Balaban J connectivity index is 1.38. The number of hydrogen-bond acceptors (Lipinski definition) is 4. The normalized spacial score (nSPS) is 15.1. The van der Waals surface area contributed by atoms with Crippen LogP contribution in [-0.4, -0.2) is 47.0 Å². The van der Waals surface area contributed by atoms with E-state index in [0.717, 1.165) is 36.1 Å². The number of urea groups is 1. The van der Waals surface area contributed by atoms with Crippen molar-refractivity contribution >= 4 is 33.1 Å². The Hall–Kier alpha value is -2.51. The maximum absolute atomic E-state index is 13.6. The van der Waals surface area contributed by atoms with Crippen LogP contribution in [0.2, 0.25) is 0 Å². The SMILES string of the molecule is CCc1c(CN2CCN(C(=O)Nc3cccnc3)CC2)sc2ccc(F)cc12. The summed E-state index contributed by atoms with van der Waals surface area (Å²) in [5.74, 6) is -0.181. The van der Waals surface area contributed by atoms with Gasteiger partial charge in [-0.2, -0.15) is 0 Å². The van der Waals surface area contributed by atoms with Gasteiger partial charge >= 0.3 is 6.03 Å². The van der Waals surface area contributed by atoms with Gasteiger partial charge in [-0.15, -0.1) is 11.3 Å². The summed E-state index contributed by atoms with van der Waals surface area (Å²) in [6, 6.07) is 8.60. The number of anilines is 1. The topological polar surface area (TPSA) is 48.5 Å². The first-order chi connectivity index (χ1) is 13.6. The van der Waals surface area contributed by atoms with Crippen LogP contribution in [0.4, 0.5) is 14.9 Å². The molecule has 146 valence electrons. The van der Waals surface area contributed by atoms with E-state index in [1.807, 2.05) is 17.0 Å². The summed E-state index contributed by atoms with van der Waals surface area (Å²) in [7, 11) is 0. The Bertz CT molecular complexity index is 967. The molecule has 1 N–H and O–H groups in total. The predicted molar refractivity (Wildman–Crippen MR) is 111 cm³/mol. The van der Waals surface area contributed by atoms with Crippen LogP contribution >= 0.6 is 11.3 Å². The quantitative estimate of drug-likeness (QED) is 0.711. The highest BCUT2D eigenvalue weighted by atomic mass is 32.1. The molecular formula is C21H23FN4OS. The lowest BCUT2D eigenvalue weighted by Crippen LogP contribution is -2.49. The second-order valence-corrected chi connectivity index (χ2v) is 8.07. The number of fused-ring (bicyclic) bond motifs is 1. The largest absolute Gasteiger partial charge is 0.322 e. The van der Waals surface area contributed by atoms with Gasteiger partial charge < -0.3 is 10.2 Å². The Morgan fingerprint density at radius 3 is 2.79 bits per heavy atom. The summed E-state index contributed by atoms with van der Waals surface area (Å²) in [5.41, 5.74) is 1.95. The molecule has 1 aromatic carbocycles. The Labute approximate surface area is 167 Å². The van der Waals surface area contributed by atoms with E-state index in [0.29, 0.717) is 18.8 Å². The number of aryl methyl sites for hydroxylation is 1. The zero-order valence-corrected chi connectivity index (χ0v) is 16.6. The number of carbonyl (C=O) groups is 1. The van der Waals surface area contributed by atoms with Crippen LogP contribution in [0.25, 0.3) is 10.1 Å². The minimum atomic E-state index is -0.181. The van der Waals surface area contributed by atoms with E-state index < -0.39 is 0 Å². The van der Waals surface area contributed by atoms with Crippen molar-refractivity contribution < 1.29 is 9.18 Å².